The summed E-state index contributed by atoms with van der Waals surface area (Å²) in [5.41, 5.74) is 1.05. The second-order valence-electron chi connectivity index (χ2n) is 4.74. The number of nitrogens with one attached hydrogen (secondary N) is 1. The van der Waals surface area contributed by atoms with Gasteiger partial charge in [0, 0.05) is 30.3 Å². The molecule has 1 aliphatic heterocycles. The van der Waals surface area contributed by atoms with Crippen LogP contribution in [0.2, 0.25) is 0 Å². The van der Waals surface area contributed by atoms with E-state index in [9.17, 15) is 8.42 Å². The molecule has 1 N–H and O–H groups in total. The van der Waals surface area contributed by atoms with Crippen LogP contribution in [0.1, 0.15) is 16.9 Å². The average molecular weight is 321 g/mol. The van der Waals surface area contributed by atoms with Crippen LogP contribution < -0.4 is 5.32 Å². The maximum Gasteiger partial charge on any atom is 0.252 e. The van der Waals surface area contributed by atoms with Crippen LogP contribution in [-0.4, -0.2) is 44.4 Å². The van der Waals surface area contributed by atoms with Crippen LogP contribution in [-0.2, 0) is 16.6 Å². The zero-order valence-corrected chi connectivity index (χ0v) is 13.9. The highest BCUT2D eigenvalue weighted by molar-refractivity contribution is 7.99. The van der Waals surface area contributed by atoms with Crippen molar-refractivity contribution in [2.45, 2.75) is 30.1 Å². The standard InChI is InChI=1S/C12H20N2O2S3/c1-9-6-12(18-11(9)7-13-2)19(15,16)14(3)10-4-5-17-8-10/h6,10,13H,4-5,7-8H2,1-3H3. The fourth-order valence-corrected chi connectivity index (χ4v) is 6.63. The molecule has 0 spiro atoms. The van der Waals surface area contributed by atoms with Crippen molar-refractivity contribution in [1.82, 2.24) is 9.62 Å². The van der Waals surface area contributed by atoms with E-state index in [0.29, 0.717) is 4.21 Å². The van der Waals surface area contributed by atoms with Gasteiger partial charge in [-0.3, -0.25) is 0 Å². The molecule has 19 heavy (non-hydrogen) atoms. The Hall–Kier alpha value is -0.0800. The number of hydrogen-bond donors (Lipinski definition) is 1. The number of rotatable bonds is 5. The minimum absolute atomic E-state index is 0.144. The van der Waals surface area contributed by atoms with Crippen molar-refractivity contribution in [2.24, 2.45) is 0 Å². The molecule has 2 rings (SSSR count). The molecule has 1 aliphatic rings. The summed E-state index contributed by atoms with van der Waals surface area (Å²) < 4.78 is 27.2. The van der Waals surface area contributed by atoms with E-state index in [-0.39, 0.29) is 6.04 Å². The summed E-state index contributed by atoms with van der Waals surface area (Å²) >= 11 is 3.20. The molecule has 0 aromatic carbocycles. The molecule has 0 amide bonds. The topological polar surface area (TPSA) is 49.4 Å². The van der Waals surface area contributed by atoms with Crippen molar-refractivity contribution in [3.05, 3.63) is 16.5 Å². The third-order valence-electron chi connectivity index (χ3n) is 3.39. The summed E-state index contributed by atoms with van der Waals surface area (Å²) in [5.74, 6) is 1.96. The molecule has 108 valence electrons. The highest BCUT2D eigenvalue weighted by Crippen LogP contribution is 2.31. The van der Waals surface area contributed by atoms with Gasteiger partial charge in [-0.15, -0.1) is 11.3 Å². The number of sulfonamides is 1. The first-order valence-electron chi connectivity index (χ1n) is 6.26. The zero-order valence-electron chi connectivity index (χ0n) is 11.5. The molecule has 1 atom stereocenters. The van der Waals surface area contributed by atoms with E-state index in [1.54, 1.807) is 17.4 Å². The number of aryl methyl sites for hydroxylation is 1. The lowest BCUT2D eigenvalue weighted by Crippen LogP contribution is -2.36. The van der Waals surface area contributed by atoms with Gasteiger partial charge in [0.05, 0.1) is 0 Å². The van der Waals surface area contributed by atoms with Gasteiger partial charge < -0.3 is 5.32 Å². The molecule has 4 nitrogen and oxygen atoms in total. The van der Waals surface area contributed by atoms with Crippen LogP contribution in [0.5, 0.6) is 0 Å². The normalized spacial score (nSPS) is 20.3. The maximum absolute atomic E-state index is 12.6. The van der Waals surface area contributed by atoms with Gasteiger partial charge in [-0.25, -0.2) is 8.42 Å². The fourth-order valence-electron chi connectivity index (χ4n) is 2.10. The Balaban J connectivity index is 2.25. The van der Waals surface area contributed by atoms with Gasteiger partial charge in [-0.2, -0.15) is 16.1 Å². The van der Waals surface area contributed by atoms with Crippen molar-refractivity contribution in [3.8, 4) is 0 Å². The monoisotopic (exact) mass is 320 g/mol. The smallest absolute Gasteiger partial charge is 0.252 e. The Labute approximate surface area is 123 Å². The van der Waals surface area contributed by atoms with Crippen molar-refractivity contribution < 1.29 is 8.42 Å². The average Bonchev–Trinajstić information content (AvgIpc) is 2.99. The second kappa shape index (κ2) is 6.13. The summed E-state index contributed by atoms with van der Waals surface area (Å²) in [6.07, 6.45) is 0.953. The lowest BCUT2D eigenvalue weighted by molar-refractivity contribution is 0.395. The summed E-state index contributed by atoms with van der Waals surface area (Å²) in [6, 6.07) is 1.94. The molecule has 0 aliphatic carbocycles. The van der Waals surface area contributed by atoms with Crippen LogP contribution in [0.15, 0.2) is 10.3 Å². The van der Waals surface area contributed by atoms with Gasteiger partial charge in [0.25, 0.3) is 10.0 Å². The highest BCUT2D eigenvalue weighted by atomic mass is 32.2. The van der Waals surface area contributed by atoms with Crippen LogP contribution in [0.3, 0.4) is 0 Å². The van der Waals surface area contributed by atoms with Crippen molar-refractivity contribution in [2.75, 3.05) is 25.6 Å². The van der Waals surface area contributed by atoms with Crippen molar-refractivity contribution >= 4 is 33.1 Å². The van der Waals surface area contributed by atoms with Gasteiger partial charge in [0.15, 0.2) is 0 Å². The fraction of sp³-hybridized carbons (Fsp3) is 0.667. The van der Waals surface area contributed by atoms with Gasteiger partial charge in [-0.1, -0.05) is 0 Å². The quantitative estimate of drug-likeness (QED) is 0.900. The van der Waals surface area contributed by atoms with Crippen LogP contribution in [0, 0.1) is 6.92 Å². The Bertz CT molecular complexity index is 533. The van der Waals surface area contributed by atoms with Crippen LogP contribution in [0.25, 0.3) is 0 Å². The van der Waals surface area contributed by atoms with Gasteiger partial charge in [0.2, 0.25) is 0 Å². The van der Waals surface area contributed by atoms with Crippen LogP contribution in [0.4, 0.5) is 0 Å². The number of hydrogen-bond acceptors (Lipinski definition) is 5. The zero-order chi connectivity index (χ0) is 14.0. The summed E-state index contributed by atoms with van der Waals surface area (Å²) in [4.78, 5) is 1.09. The molecule has 1 fully saturated rings. The lowest BCUT2D eigenvalue weighted by Gasteiger charge is -2.22. The molecule has 0 saturated carbocycles. The Morgan fingerprint density at radius 2 is 2.26 bits per heavy atom. The third-order valence-corrected chi connectivity index (χ3v) is 8.13. The minimum atomic E-state index is -3.33. The predicted octanol–water partition coefficient (Wildman–Crippen LogP) is 1.90. The van der Waals surface area contributed by atoms with E-state index in [2.05, 4.69) is 5.32 Å². The van der Waals surface area contributed by atoms with Crippen LogP contribution >= 0.6 is 23.1 Å². The van der Waals surface area contributed by atoms with E-state index in [4.69, 9.17) is 0 Å². The Kier molecular flexibility index (Phi) is 4.94. The largest absolute Gasteiger partial charge is 0.315 e. The van der Waals surface area contributed by atoms with Crippen molar-refractivity contribution in [1.29, 1.82) is 0 Å². The van der Waals surface area contributed by atoms with Crippen molar-refractivity contribution in [3.63, 3.8) is 0 Å². The molecule has 1 unspecified atom stereocenters. The molecule has 1 aromatic rings. The summed E-state index contributed by atoms with van der Waals surface area (Å²) in [5, 5.41) is 3.07. The maximum atomic E-state index is 12.6. The summed E-state index contributed by atoms with van der Waals surface area (Å²) in [6.45, 7) is 2.68. The van der Waals surface area contributed by atoms with Gasteiger partial charge in [-0.05, 0) is 37.8 Å². The molecule has 1 saturated heterocycles. The first-order chi connectivity index (χ1) is 8.96. The SMILES string of the molecule is CNCc1sc(S(=O)(=O)N(C)C2CCSC2)cc1C. The first-order valence-corrected chi connectivity index (χ1v) is 9.67. The van der Waals surface area contributed by atoms with E-state index in [0.717, 1.165) is 34.9 Å². The first kappa shape index (κ1) is 15.3. The summed E-state index contributed by atoms with van der Waals surface area (Å²) in [7, 11) is 0.246. The molecule has 0 bridgehead atoms. The Morgan fingerprint density at radius 1 is 1.53 bits per heavy atom. The highest BCUT2D eigenvalue weighted by Gasteiger charge is 2.31. The minimum Gasteiger partial charge on any atom is -0.315 e. The van der Waals surface area contributed by atoms with Gasteiger partial charge in [0.1, 0.15) is 4.21 Å². The molecule has 7 heteroatoms. The lowest BCUT2D eigenvalue weighted by atomic mass is 10.3. The predicted molar refractivity (Wildman–Crippen MR) is 82.5 cm³/mol. The Morgan fingerprint density at radius 3 is 2.84 bits per heavy atom. The molecular weight excluding hydrogens is 300 g/mol. The molecule has 1 aromatic heterocycles. The molecule has 2 heterocycles. The van der Waals surface area contributed by atoms with E-state index in [1.807, 2.05) is 25.7 Å². The number of thiophene rings is 1. The molecule has 0 radical (unpaired) electrons. The third kappa shape index (κ3) is 3.16. The van der Waals surface area contributed by atoms with E-state index >= 15 is 0 Å². The van der Waals surface area contributed by atoms with Gasteiger partial charge >= 0.3 is 0 Å². The molecular formula is C12H20N2O2S3. The van der Waals surface area contributed by atoms with E-state index in [1.165, 1.54) is 11.3 Å². The van der Waals surface area contributed by atoms with E-state index < -0.39 is 10.0 Å². The number of nitrogens with zero attached hydrogens (tertiary/aromatic N) is 1. The number of thioether (sulfide) groups is 1. The second-order valence-corrected chi connectivity index (χ2v) is 9.25.